The molecule has 2 aliphatic rings. The first-order valence-corrected chi connectivity index (χ1v) is 9.84. The van der Waals surface area contributed by atoms with E-state index >= 15 is 0 Å². The van der Waals surface area contributed by atoms with Gasteiger partial charge in [0.25, 0.3) is 5.91 Å². The van der Waals surface area contributed by atoms with Gasteiger partial charge < -0.3 is 19.9 Å². The number of rotatable bonds is 2. The fourth-order valence-electron chi connectivity index (χ4n) is 3.54. The molecule has 2 aromatic rings. The van der Waals surface area contributed by atoms with E-state index in [4.69, 9.17) is 16.3 Å². The van der Waals surface area contributed by atoms with Crippen LogP contribution in [0.4, 0.5) is 10.5 Å². The van der Waals surface area contributed by atoms with Crippen molar-refractivity contribution in [1.82, 2.24) is 9.80 Å². The lowest BCUT2D eigenvalue weighted by Crippen LogP contribution is -2.36. The van der Waals surface area contributed by atoms with Crippen LogP contribution in [-0.4, -0.2) is 48.0 Å². The highest BCUT2D eigenvalue weighted by Gasteiger charge is 2.24. The van der Waals surface area contributed by atoms with Crippen LogP contribution in [-0.2, 0) is 6.54 Å². The molecule has 4 rings (SSSR count). The Balaban J connectivity index is 1.49. The third kappa shape index (κ3) is 4.07. The largest absolute Gasteiger partial charge is 0.491 e. The molecule has 0 bridgehead atoms. The standard InChI is InChI=1S/C21H22ClN3O3/c22-17-4-6-18(7-5-17)23-21(27)25-11-12-28-19-8-3-15(13-16(19)14-25)20(26)24-9-1-2-10-24/h3-8,13H,1-2,9-12,14H2,(H,23,27). The zero-order valence-corrected chi connectivity index (χ0v) is 16.2. The first-order chi connectivity index (χ1) is 13.6. The van der Waals surface area contributed by atoms with Crippen LogP contribution in [0.1, 0.15) is 28.8 Å². The van der Waals surface area contributed by atoms with Gasteiger partial charge in [-0.3, -0.25) is 4.79 Å². The van der Waals surface area contributed by atoms with Gasteiger partial charge in [0, 0.05) is 34.9 Å². The zero-order chi connectivity index (χ0) is 19.5. The van der Waals surface area contributed by atoms with Gasteiger partial charge in [0.1, 0.15) is 12.4 Å². The highest BCUT2D eigenvalue weighted by Crippen LogP contribution is 2.26. The van der Waals surface area contributed by atoms with Gasteiger partial charge in [-0.2, -0.15) is 0 Å². The van der Waals surface area contributed by atoms with E-state index in [1.165, 1.54) is 0 Å². The summed E-state index contributed by atoms with van der Waals surface area (Å²) in [5.41, 5.74) is 2.16. The Labute approximate surface area is 169 Å². The highest BCUT2D eigenvalue weighted by atomic mass is 35.5. The molecule has 0 spiro atoms. The van der Waals surface area contributed by atoms with Crippen molar-refractivity contribution >= 4 is 29.2 Å². The summed E-state index contributed by atoms with van der Waals surface area (Å²) in [5, 5.41) is 3.49. The van der Waals surface area contributed by atoms with Crippen molar-refractivity contribution in [2.75, 3.05) is 31.6 Å². The monoisotopic (exact) mass is 399 g/mol. The number of carbonyl (C=O) groups excluding carboxylic acids is 2. The van der Waals surface area contributed by atoms with Crippen molar-refractivity contribution in [3.63, 3.8) is 0 Å². The Bertz CT molecular complexity index is 879. The van der Waals surface area contributed by atoms with E-state index in [0.717, 1.165) is 37.2 Å². The molecule has 0 radical (unpaired) electrons. The van der Waals surface area contributed by atoms with E-state index in [0.29, 0.717) is 36.0 Å². The summed E-state index contributed by atoms with van der Waals surface area (Å²) in [6.07, 6.45) is 2.11. The van der Waals surface area contributed by atoms with Crippen molar-refractivity contribution in [3.05, 3.63) is 58.6 Å². The lowest BCUT2D eigenvalue weighted by atomic mass is 10.1. The predicted octanol–water partition coefficient (Wildman–Crippen LogP) is 4.00. The Morgan fingerprint density at radius 2 is 1.71 bits per heavy atom. The van der Waals surface area contributed by atoms with Gasteiger partial charge in [-0.1, -0.05) is 11.6 Å². The lowest BCUT2D eigenvalue weighted by molar-refractivity contribution is 0.0792. The van der Waals surface area contributed by atoms with Crippen molar-refractivity contribution in [1.29, 1.82) is 0 Å². The molecular formula is C21H22ClN3O3. The number of amides is 3. The molecule has 2 heterocycles. The summed E-state index contributed by atoms with van der Waals surface area (Å²) in [6, 6.07) is 12.3. The molecule has 0 aromatic heterocycles. The second kappa shape index (κ2) is 8.10. The minimum absolute atomic E-state index is 0.0433. The van der Waals surface area contributed by atoms with Crippen LogP contribution in [0.25, 0.3) is 0 Å². The smallest absolute Gasteiger partial charge is 0.322 e. The second-order valence-electron chi connectivity index (χ2n) is 7.03. The van der Waals surface area contributed by atoms with Crippen LogP contribution in [0.3, 0.4) is 0 Å². The maximum atomic E-state index is 12.7. The van der Waals surface area contributed by atoms with Gasteiger partial charge in [0.2, 0.25) is 0 Å². The first-order valence-electron chi connectivity index (χ1n) is 9.47. The molecule has 6 nitrogen and oxygen atoms in total. The first kappa shape index (κ1) is 18.6. The number of nitrogens with one attached hydrogen (secondary N) is 1. The molecule has 2 aromatic carbocycles. The molecule has 3 amide bonds. The average molecular weight is 400 g/mol. The van der Waals surface area contributed by atoms with Gasteiger partial charge in [-0.15, -0.1) is 0 Å². The number of ether oxygens (including phenoxy) is 1. The quantitative estimate of drug-likeness (QED) is 0.830. The van der Waals surface area contributed by atoms with E-state index in [2.05, 4.69) is 5.32 Å². The molecule has 0 saturated carbocycles. The molecule has 0 atom stereocenters. The molecule has 1 N–H and O–H groups in total. The average Bonchev–Trinajstić information content (AvgIpc) is 3.15. The minimum atomic E-state index is -0.213. The number of nitrogens with zero attached hydrogens (tertiary/aromatic N) is 2. The maximum Gasteiger partial charge on any atom is 0.322 e. The van der Waals surface area contributed by atoms with Crippen molar-refractivity contribution < 1.29 is 14.3 Å². The second-order valence-corrected chi connectivity index (χ2v) is 7.47. The van der Waals surface area contributed by atoms with Gasteiger partial charge in [0.05, 0.1) is 13.1 Å². The van der Waals surface area contributed by atoms with Crippen molar-refractivity contribution in [3.8, 4) is 5.75 Å². The van der Waals surface area contributed by atoms with Gasteiger partial charge >= 0.3 is 6.03 Å². The number of hydrogen-bond acceptors (Lipinski definition) is 3. The summed E-state index contributed by atoms with van der Waals surface area (Å²) >= 11 is 5.89. The van der Waals surface area contributed by atoms with Crippen LogP contribution < -0.4 is 10.1 Å². The Morgan fingerprint density at radius 3 is 2.46 bits per heavy atom. The van der Waals surface area contributed by atoms with Crippen LogP contribution in [0, 0.1) is 0 Å². The topological polar surface area (TPSA) is 61.9 Å². The summed E-state index contributed by atoms with van der Waals surface area (Å²) in [7, 11) is 0. The summed E-state index contributed by atoms with van der Waals surface area (Å²) < 4.78 is 5.79. The van der Waals surface area contributed by atoms with Crippen molar-refractivity contribution in [2.24, 2.45) is 0 Å². The highest BCUT2D eigenvalue weighted by molar-refractivity contribution is 6.30. The Kier molecular flexibility index (Phi) is 5.39. The molecule has 1 saturated heterocycles. The normalized spacial score (nSPS) is 16.2. The molecular weight excluding hydrogens is 378 g/mol. The van der Waals surface area contributed by atoms with E-state index in [-0.39, 0.29) is 11.9 Å². The minimum Gasteiger partial charge on any atom is -0.491 e. The summed E-state index contributed by atoms with van der Waals surface area (Å²) in [6.45, 7) is 2.87. The number of hydrogen-bond donors (Lipinski definition) is 1. The molecule has 0 aliphatic carbocycles. The fraction of sp³-hybridized carbons (Fsp3) is 0.333. The zero-order valence-electron chi connectivity index (χ0n) is 15.5. The van der Waals surface area contributed by atoms with E-state index in [1.54, 1.807) is 29.2 Å². The van der Waals surface area contributed by atoms with Crippen LogP contribution in [0.15, 0.2) is 42.5 Å². The number of anilines is 1. The molecule has 28 heavy (non-hydrogen) atoms. The Morgan fingerprint density at radius 1 is 0.964 bits per heavy atom. The van der Waals surface area contributed by atoms with Gasteiger partial charge in [-0.25, -0.2) is 4.79 Å². The lowest BCUT2D eigenvalue weighted by Gasteiger charge is -2.21. The predicted molar refractivity (Wildman–Crippen MR) is 108 cm³/mol. The molecule has 7 heteroatoms. The molecule has 146 valence electrons. The summed E-state index contributed by atoms with van der Waals surface area (Å²) in [4.78, 5) is 28.9. The SMILES string of the molecule is O=C(Nc1ccc(Cl)cc1)N1CCOc2ccc(C(=O)N3CCCC3)cc2C1. The van der Waals surface area contributed by atoms with Crippen LogP contribution in [0.5, 0.6) is 5.75 Å². The molecule has 1 fully saturated rings. The fourth-order valence-corrected chi connectivity index (χ4v) is 3.67. The van der Waals surface area contributed by atoms with Gasteiger partial charge in [-0.05, 0) is 55.3 Å². The van der Waals surface area contributed by atoms with E-state index in [1.807, 2.05) is 23.1 Å². The maximum absolute atomic E-state index is 12.7. The number of benzene rings is 2. The van der Waals surface area contributed by atoms with Gasteiger partial charge in [0.15, 0.2) is 0 Å². The molecule has 2 aliphatic heterocycles. The summed E-state index contributed by atoms with van der Waals surface area (Å²) in [5.74, 6) is 0.765. The molecule has 0 unspecified atom stereocenters. The number of halogens is 1. The van der Waals surface area contributed by atoms with E-state index < -0.39 is 0 Å². The van der Waals surface area contributed by atoms with E-state index in [9.17, 15) is 9.59 Å². The number of urea groups is 1. The van der Waals surface area contributed by atoms with Crippen LogP contribution >= 0.6 is 11.6 Å². The third-order valence-corrected chi connectivity index (χ3v) is 5.32. The number of fused-ring (bicyclic) bond motifs is 1. The number of likely N-dealkylation sites (tertiary alicyclic amines) is 1. The Hall–Kier alpha value is -2.73. The van der Waals surface area contributed by atoms with Crippen LogP contribution in [0.2, 0.25) is 5.02 Å². The number of carbonyl (C=O) groups is 2. The third-order valence-electron chi connectivity index (χ3n) is 5.06. The van der Waals surface area contributed by atoms with Crippen molar-refractivity contribution in [2.45, 2.75) is 19.4 Å².